The molecule has 0 bridgehead atoms. The SMILES string of the molecule is C=C/C(=c1/oc(=O)[nH]c1=C)C(C)C. The number of aromatic nitrogens is 1. The van der Waals surface area contributed by atoms with Gasteiger partial charge in [0.05, 0.1) is 5.35 Å². The molecule has 0 saturated carbocycles. The molecule has 0 atom stereocenters. The van der Waals surface area contributed by atoms with E-state index >= 15 is 0 Å². The summed E-state index contributed by atoms with van der Waals surface area (Å²) in [6.07, 6.45) is 1.69. The number of hydrogen-bond donors (Lipinski definition) is 1. The van der Waals surface area contributed by atoms with Gasteiger partial charge in [-0.25, -0.2) is 4.79 Å². The number of hydrogen-bond acceptors (Lipinski definition) is 2. The second kappa shape index (κ2) is 3.47. The predicted octanol–water partition coefficient (Wildman–Crippen LogP) is 0.371. The van der Waals surface area contributed by atoms with E-state index in [1.54, 1.807) is 6.08 Å². The monoisotopic (exact) mass is 179 g/mol. The van der Waals surface area contributed by atoms with Gasteiger partial charge in [-0.2, -0.15) is 0 Å². The second-order valence-electron chi connectivity index (χ2n) is 3.14. The van der Waals surface area contributed by atoms with E-state index < -0.39 is 5.76 Å². The van der Waals surface area contributed by atoms with E-state index in [1.165, 1.54) is 0 Å². The summed E-state index contributed by atoms with van der Waals surface area (Å²) in [6, 6.07) is 0. The van der Waals surface area contributed by atoms with E-state index in [4.69, 9.17) is 4.42 Å². The van der Waals surface area contributed by atoms with E-state index in [2.05, 4.69) is 18.1 Å². The van der Waals surface area contributed by atoms with Crippen LogP contribution in [0.5, 0.6) is 0 Å². The third-order valence-corrected chi connectivity index (χ3v) is 1.83. The maximum absolute atomic E-state index is 10.8. The number of nitrogens with one attached hydrogen (secondary N) is 1. The molecular formula is C10H13NO2. The van der Waals surface area contributed by atoms with Gasteiger partial charge in [0, 0.05) is 0 Å². The van der Waals surface area contributed by atoms with Gasteiger partial charge < -0.3 is 4.42 Å². The van der Waals surface area contributed by atoms with Crippen LogP contribution in [0.3, 0.4) is 0 Å². The first-order valence-corrected chi connectivity index (χ1v) is 4.11. The lowest BCUT2D eigenvalue weighted by atomic mass is 10.0. The molecule has 3 heteroatoms. The van der Waals surface area contributed by atoms with Crippen molar-refractivity contribution in [2.45, 2.75) is 13.8 Å². The summed E-state index contributed by atoms with van der Waals surface area (Å²) in [5.41, 5.74) is 1.40. The van der Waals surface area contributed by atoms with Crippen LogP contribution in [0.4, 0.5) is 0 Å². The summed E-state index contributed by atoms with van der Waals surface area (Å²) in [7, 11) is 0. The minimum Gasteiger partial charge on any atom is -0.408 e. The molecule has 0 saturated heterocycles. The van der Waals surface area contributed by atoms with Crippen molar-refractivity contribution in [3.63, 3.8) is 0 Å². The van der Waals surface area contributed by atoms with Crippen LogP contribution < -0.4 is 16.5 Å². The molecule has 0 spiro atoms. The van der Waals surface area contributed by atoms with Gasteiger partial charge in [-0.3, -0.25) is 4.98 Å². The van der Waals surface area contributed by atoms with Gasteiger partial charge in [-0.1, -0.05) is 33.1 Å². The maximum atomic E-state index is 10.8. The first-order valence-electron chi connectivity index (χ1n) is 4.11. The quantitative estimate of drug-likeness (QED) is 0.713. The highest BCUT2D eigenvalue weighted by molar-refractivity contribution is 5.55. The Balaban J connectivity index is 3.64. The fourth-order valence-electron chi connectivity index (χ4n) is 1.18. The zero-order valence-corrected chi connectivity index (χ0v) is 7.89. The van der Waals surface area contributed by atoms with Gasteiger partial charge in [-0.05, 0) is 11.5 Å². The standard InChI is InChI=1S/C10H13NO2/c1-5-8(6(2)3)9-7(4)11-10(12)13-9/h5-6H,1,4H2,2-3H3,(H,11,12)/b9-8-. The number of H-pyrrole nitrogens is 1. The Morgan fingerprint density at radius 3 is 2.54 bits per heavy atom. The van der Waals surface area contributed by atoms with E-state index in [0.717, 1.165) is 5.57 Å². The minimum absolute atomic E-state index is 0.261. The van der Waals surface area contributed by atoms with E-state index in [-0.39, 0.29) is 5.92 Å². The number of oxazole rings is 1. The average molecular weight is 179 g/mol. The molecule has 0 unspecified atom stereocenters. The van der Waals surface area contributed by atoms with Gasteiger partial charge in [0.25, 0.3) is 0 Å². The van der Waals surface area contributed by atoms with Gasteiger partial charge in [0.2, 0.25) is 0 Å². The summed E-state index contributed by atoms with van der Waals surface area (Å²) >= 11 is 0. The predicted molar refractivity (Wildman–Crippen MR) is 52.5 cm³/mol. The van der Waals surface area contributed by atoms with Crippen LogP contribution in [0.15, 0.2) is 21.9 Å². The summed E-state index contributed by atoms with van der Waals surface area (Å²) in [6.45, 7) is 11.3. The molecule has 0 aliphatic carbocycles. The lowest BCUT2D eigenvalue weighted by Gasteiger charge is -2.01. The van der Waals surface area contributed by atoms with E-state index in [9.17, 15) is 4.79 Å². The van der Waals surface area contributed by atoms with Gasteiger partial charge in [0.1, 0.15) is 0 Å². The highest BCUT2D eigenvalue weighted by Gasteiger charge is 2.03. The Morgan fingerprint density at radius 2 is 2.23 bits per heavy atom. The van der Waals surface area contributed by atoms with Crippen LogP contribution in [0, 0.1) is 5.92 Å². The third kappa shape index (κ3) is 1.80. The number of allylic oxidation sites excluding steroid dienone is 1. The summed E-state index contributed by atoms with van der Waals surface area (Å²) in [5, 5.41) is 0.508. The molecule has 3 nitrogen and oxygen atoms in total. The molecule has 0 radical (unpaired) electrons. The Kier molecular flexibility index (Phi) is 2.56. The number of aromatic amines is 1. The van der Waals surface area contributed by atoms with Crippen LogP contribution in [0.1, 0.15) is 13.8 Å². The summed E-state index contributed by atoms with van der Waals surface area (Å²) in [5.74, 6) is -0.211. The molecule has 13 heavy (non-hydrogen) atoms. The second-order valence-corrected chi connectivity index (χ2v) is 3.14. The molecule has 0 fully saturated rings. The summed E-state index contributed by atoms with van der Waals surface area (Å²) < 4.78 is 4.95. The molecule has 0 aliphatic heterocycles. The van der Waals surface area contributed by atoms with Crippen molar-refractivity contribution in [1.29, 1.82) is 0 Å². The third-order valence-electron chi connectivity index (χ3n) is 1.83. The first-order chi connectivity index (χ1) is 6.06. The van der Waals surface area contributed by atoms with Crippen LogP contribution >= 0.6 is 0 Å². The fourth-order valence-corrected chi connectivity index (χ4v) is 1.18. The highest BCUT2D eigenvalue weighted by atomic mass is 16.4. The smallest absolute Gasteiger partial charge is 0.408 e. The van der Waals surface area contributed by atoms with Crippen molar-refractivity contribution in [3.05, 3.63) is 34.0 Å². The normalized spacial score (nSPS) is 13.2. The zero-order chi connectivity index (χ0) is 10.0. The van der Waals surface area contributed by atoms with Crippen molar-refractivity contribution in [2.24, 2.45) is 5.92 Å². The van der Waals surface area contributed by atoms with Gasteiger partial charge in [0.15, 0.2) is 5.42 Å². The largest absolute Gasteiger partial charge is 0.417 e. The molecule has 1 aromatic rings. The molecule has 1 heterocycles. The molecule has 1 rings (SSSR count). The molecule has 0 aromatic carbocycles. The maximum Gasteiger partial charge on any atom is 0.417 e. The van der Waals surface area contributed by atoms with Crippen LogP contribution in [-0.2, 0) is 0 Å². The molecule has 70 valence electrons. The highest BCUT2D eigenvalue weighted by Crippen LogP contribution is 2.07. The van der Waals surface area contributed by atoms with E-state index in [0.29, 0.717) is 10.8 Å². The Hall–Kier alpha value is -1.51. The average Bonchev–Trinajstić information content (AvgIpc) is 2.31. The van der Waals surface area contributed by atoms with E-state index in [1.807, 2.05) is 13.8 Å². The van der Waals surface area contributed by atoms with Gasteiger partial charge in [-0.15, -0.1) is 0 Å². The summed E-state index contributed by atoms with van der Waals surface area (Å²) in [4.78, 5) is 13.3. The molecule has 1 N–H and O–H groups in total. The zero-order valence-electron chi connectivity index (χ0n) is 7.89. The van der Waals surface area contributed by atoms with Crippen molar-refractivity contribution in [3.8, 4) is 0 Å². The Bertz CT molecular complexity index is 462. The first kappa shape index (κ1) is 9.58. The molecule has 1 aromatic heterocycles. The fraction of sp³-hybridized carbons (Fsp3) is 0.300. The molecule has 0 amide bonds. The molecule has 0 aliphatic rings. The lowest BCUT2D eigenvalue weighted by Crippen LogP contribution is -2.24. The van der Waals surface area contributed by atoms with Gasteiger partial charge >= 0.3 is 5.76 Å². The van der Waals surface area contributed by atoms with Crippen molar-refractivity contribution >= 4 is 12.2 Å². The lowest BCUT2D eigenvalue weighted by molar-refractivity contribution is 0.480. The minimum atomic E-state index is -0.472. The Labute approximate surface area is 76.1 Å². The Morgan fingerprint density at radius 1 is 1.62 bits per heavy atom. The molecular weight excluding hydrogens is 166 g/mol. The number of rotatable bonds is 2. The van der Waals surface area contributed by atoms with Crippen molar-refractivity contribution in [1.82, 2.24) is 4.98 Å². The van der Waals surface area contributed by atoms with Crippen molar-refractivity contribution in [2.75, 3.05) is 0 Å². The topological polar surface area (TPSA) is 46.0 Å². The van der Waals surface area contributed by atoms with Crippen LogP contribution in [0.2, 0.25) is 0 Å². The van der Waals surface area contributed by atoms with Crippen LogP contribution in [0.25, 0.3) is 12.2 Å². The van der Waals surface area contributed by atoms with Crippen molar-refractivity contribution < 1.29 is 4.42 Å². The van der Waals surface area contributed by atoms with Crippen LogP contribution in [-0.4, -0.2) is 4.98 Å².